The summed E-state index contributed by atoms with van der Waals surface area (Å²) in [6.45, 7) is 4.59. The number of nitrogens with zero attached hydrogens (tertiary/aromatic N) is 2. The lowest BCUT2D eigenvalue weighted by molar-refractivity contribution is 0.100. The molecule has 2 aromatic heterocycles. The summed E-state index contributed by atoms with van der Waals surface area (Å²) in [7, 11) is -2.84. The lowest BCUT2D eigenvalue weighted by atomic mass is 10.1. The predicted octanol–water partition coefficient (Wildman–Crippen LogP) is 2.98. The van der Waals surface area contributed by atoms with Gasteiger partial charge in [0.05, 0.1) is 22.8 Å². The average molecular weight is 477 g/mol. The monoisotopic (exact) mass is 476 g/mol. The molecule has 2 N–H and O–H groups in total. The second-order valence-electron chi connectivity index (χ2n) is 9.57. The summed E-state index contributed by atoms with van der Waals surface area (Å²) in [4.78, 5) is 23.8. The molecule has 176 valence electrons. The van der Waals surface area contributed by atoms with E-state index in [-0.39, 0.29) is 11.6 Å². The molecule has 0 spiro atoms. The maximum atomic E-state index is 12.7. The number of piperazine rings is 1. The Balaban J connectivity index is 1.17. The maximum Gasteiger partial charge on any atom is 0.257 e. The van der Waals surface area contributed by atoms with E-state index in [1.54, 1.807) is 0 Å². The molecule has 2 fully saturated rings. The van der Waals surface area contributed by atoms with Crippen molar-refractivity contribution in [2.45, 2.75) is 19.0 Å². The maximum absolute atomic E-state index is 12.7. The highest BCUT2D eigenvalue weighted by Crippen LogP contribution is 2.26. The zero-order valence-corrected chi connectivity index (χ0v) is 19.8. The molecular weight excluding hydrogens is 448 g/mol. The van der Waals surface area contributed by atoms with Crippen molar-refractivity contribution in [2.75, 3.05) is 37.7 Å². The molecule has 2 aliphatic rings. The van der Waals surface area contributed by atoms with E-state index in [0.29, 0.717) is 17.1 Å². The van der Waals surface area contributed by atoms with Gasteiger partial charge in [0, 0.05) is 55.2 Å². The van der Waals surface area contributed by atoms with Crippen LogP contribution in [0.4, 0.5) is 0 Å². The Morgan fingerprint density at radius 2 is 1.68 bits per heavy atom. The van der Waals surface area contributed by atoms with Gasteiger partial charge in [0.25, 0.3) is 5.56 Å². The molecule has 0 amide bonds. The van der Waals surface area contributed by atoms with Gasteiger partial charge in [0.1, 0.15) is 0 Å². The number of pyridine rings is 1. The van der Waals surface area contributed by atoms with Crippen molar-refractivity contribution in [1.82, 2.24) is 19.8 Å². The number of aromatic nitrogens is 2. The highest BCUT2D eigenvalue weighted by Gasteiger charge is 2.33. The summed E-state index contributed by atoms with van der Waals surface area (Å²) in [6.07, 6.45) is 0.773. The summed E-state index contributed by atoms with van der Waals surface area (Å²) >= 11 is 0. The lowest BCUT2D eigenvalue weighted by Gasteiger charge is -2.37. The predicted molar refractivity (Wildman–Crippen MR) is 136 cm³/mol. The van der Waals surface area contributed by atoms with Crippen molar-refractivity contribution in [3.8, 4) is 11.3 Å². The van der Waals surface area contributed by atoms with Gasteiger partial charge in [-0.3, -0.25) is 14.6 Å². The molecule has 8 heteroatoms. The van der Waals surface area contributed by atoms with Gasteiger partial charge < -0.3 is 9.97 Å². The fourth-order valence-corrected chi connectivity index (χ4v) is 7.14. The second kappa shape index (κ2) is 8.37. The quantitative estimate of drug-likeness (QED) is 0.473. The summed E-state index contributed by atoms with van der Waals surface area (Å²) in [5.41, 5.74) is 4.45. The highest BCUT2D eigenvalue weighted by atomic mass is 32.2. The molecule has 6 rings (SSSR count). The van der Waals surface area contributed by atoms with E-state index in [1.807, 2.05) is 30.3 Å². The molecule has 2 aromatic carbocycles. The van der Waals surface area contributed by atoms with Crippen LogP contribution in [-0.4, -0.2) is 71.9 Å². The molecule has 1 unspecified atom stereocenters. The van der Waals surface area contributed by atoms with Gasteiger partial charge in [-0.15, -0.1) is 0 Å². The van der Waals surface area contributed by atoms with Crippen LogP contribution < -0.4 is 5.56 Å². The zero-order chi connectivity index (χ0) is 23.3. The van der Waals surface area contributed by atoms with Crippen LogP contribution in [0.25, 0.3) is 33.1 Å². The Kier molecular flexibility index (Phi) is 5.32. The SMILES string of the molecule is O=c1[nH]c2ccccc2cc1-c1cc2cc(CN3CCN(C4CCS(=O)(=O)C4)CC3)ccc2[nH]1. The lowest BCUT2D eigenvalue weighted by Crippen LogP contribution is -2.50. The molecule has 2 saturated heterocycles. The van der Waals surface area contributed by atoms with Gasteiger partial charge in [-0.2, -0.15) is 0 Å². The van der Waals surface area contributed by atoms with Gasteiger partial charge in [-0.25, -0.2) is 8.42 Å². The molecule has 0 aliphatic carbocycles. The van der Waals surface area contributed by atoms with Crippen molar-refractivity contribution < 1.29 is 8.42 Å². The number of sulfone groups is 1. The first-order valence-electron chi connectivity index (χ1n) is 11.8. The first-order valence-corrected chi connectivity index (χ1v) is 13.7. The number of benzene rings is 2. The van der Waals surface area contributed by atoms with Crippen molar-refractivity contribution in [3.05, 3.63) is 70.5 Å². The van der Waals surface area contributed by atoms with E-state index in [9.17, 15) is 13.2 Å². The van der Waals surface area contributed by atoms with E-state index in [4.69, 9.17) is 0 Å². The topological polar surface area (TPSA) is 89.3 Å². The van der Waals surface area contributed by atoms with Gasteiger partial charge in [0.2, 0.25) is 0 Å². The average Bonchev–Trinajstić information content (AvgIpc) is 3.41. The number of para-hydroxylation sites is 1. The second-order valence-corrected chi connectivity index (χ2v) is 11.8. The van der Waals surface area contributed by atoms with E-state index in [2.05, 4.69) is 44.0 Å². The van der Waals surface area contributed by atoms with Crippen LogP contribution in [0.5, 0.6) is 0 Å². The summed E-state index contributed by atoms with van der Waals surface area (Å²) in [6, 6.07) is 18.4. The zero-order valence-electron chi connectivity index (χ0n) is 19.0. The van der Waals surface area contributed by atoms with Crippen molar-refractivity contribution in [1.29, 1.82) is 0 Å². The highest BCUT2D eigenvalue weighted by molar-refractivity contribution is 7.91. The molecule has 34 heavy (non-hydrogen) atoms. The van der Waals surface area contributed by atoms with Crippen LogP contribution in [0.15, 0.2) is 59.4 Å². The van der Waals surface area contributed by atoms with Crippen LogP contribution in [-0.2, 0) is 16.4 Å². The third kappa shape index (κ3) is 4.17. The fraction of sp³-hybridized carbons (Fsp3) is 0.346. The Hall–Kier alpha value is -2.94. The third-order valence-electron chi connectivity index (χ3n) is 7.27. The molecule has 4 heterocycles. The number of hydrogen-bond acceptors (Lipinski definition) is 5. The number of rotatable bonds is 4. The van der Waals surface area contributed by atoms with Crippen molar-refractivity contribution >= 4 is 31.6 Å². The van der Waals surface area contributed by atoms with E-state index >= 15 is 0 Å². The Morgan fingerprint density at radius 3 is 2.47 bits per heavy atom. The summed E-state index contributed by atoms with van der Waals surface area (Å²) in [5.74, 6) is 0.654. The first-order chi connectivity index (χ1) is 16.4. The number of H-pyrrole nitrogens is 2. The van der Waals surface area contributed by atoms with E-state index < -0.39 is 9.84 Å². The largest absolute Gasteiger partial charge is 0.354 e. The first kappa shape index (κ1) is 21.6. The Morgan fingerprint density at radius 1 is 0.882 bits per heavy atom. The van der Waals surface area contributed by atoms with Crippen LogP contribution in [0.1, 0.15) is 12.0 Å². The van der Waals surface area contributed by atoms with E-state index in [0.717, 1.165) is 66.6 Å². The Labute approximate surface area is 198 Å². The van der Waals surface area contributed by atoms with Gasteiger partial charge in [-0.1, -0.05) is 24.3 Å². The molecule has 0 bridgehead atoms. The molecule has 0 radical (unpaired) electrons. The number of hydrogen-bond donors (Lipinski definition) is 2. The summed E-state index contributed by atoms with van der Waals surface area (Å²) in [5, 5.41) is 2.10. The van der Waals surface area contributed by atoms with Crippen molar-refractivity contribution in [2.24, 2.45) is 0 Å². The third-order valence-corrected chi connectivity index (χ3v) is 9.02. The number of aromatic amines is 2. The standard InChI is InChI=1S/C26H28N4O3S/c31-26-22(14-19-3-1-2-4-23(19)28-26)25-15-20-13-18(5-6-24(20)27-25)16-29-8-10-30(11-9-29)21-7-12-34(32,33)17-21/h1-6,13-15,21,27H,7-12,16-17H2,(H,28,31). The van der Waals surface area contributed by atoms with Gasteiger partial charge in [0.15, 0.2) is 9.84 Å². The van der Waals surface area contributed by atoms with Crippen LogP contribution in [0, 0.1) is 0 Å². The number of nitrogens with one attached hydrogen (secondary N) is 2. The van der Waals surface area contributed by atoms with Crippen LogP contribution in [0.2, 0.25) is 0 Å². The molecular formula is C26H28N4O3S. The molecule has 0 saturated carbocycles. The molecule has 1 atom stereocenters. The van der Waals surface area contributed by atoms with Gasteiger partial charge >= 0.3 is 0 Å². The van der Waals surface area contributed by atoms with E-state index in [1.165, 1.54) is 5.56 Å². The van der Waals surface area contributed by atoms with Crippen LogP contribution in [0.3, 0.4) is 0 Å². The molecule has 7 nitrogen and oxygen atoms in total. The molecule has 4 aromatic rings. The number of fused-ring (bicyclic) bond motifs is 2. The Bertz CT molecular complexity index is 1530. The minimum absolute atomic E-state index is 0.0987. The minimum Gasteiger partial charge on any atom is -0.354 e. The normalized spacial score (nSPS) is 21.5. The summed E-state index contributed by atoms with van der Waals surface area (Å²) < 4.78 is 23.6. The smallest absolute Gasteiger partial charge is 0.257 e. The molecule has 2 aliphatic heterocycles. The van der Waals surface area contributed by atoms with Crippen LogP contribution >= 0.6 is 0 Å². The van der Waals surface area contributed by atoms with Gasteiger partial charge in [-0.05, 0) is 47.7 Å². The fourth-order valence-electron chi connectivity index (χ4n) is 5.38. The van der Waals surface area contributed by atoms with Crippen molar-refractivity contribution in [3.63, 3.8) is 0 Å². The minimum atomic E-state index is -2.84.